The van der Waals surface area contributed by atoms with Crippen molar-refractivity contribution in [3.8, 4) is 0 Å². The van der Waals surface area contributed by atoms with E-state index in [9.17, 15) is 4.79 Å². The SMILES string of the molecule is CC.CCOC=O.CN1CCC(O)CC1. The lowest BCUT2D eigenvalue weighted by Crippen LogP contribution is -2.32. The van der Waals surface area contributed by atoms with Crippen LogP contribution in [-0.4, -0.2) is 49.3 Å². The lowest BCUT2D eigenvalue weighted by atomic mass is 10.1. The summed E-state index contributed by atoms with van der Waals surface area (Å²) in [6.07, 6.45) is 1.89. The van der Waals surface area contributed by atoms with Crippen LogP contribution < -0.4 is 0 Å². The van der Waals surface area contributed by atoms with Crippen LogP contribution in [0.3, 0.4) is 0 Å². The van der Waals surface area contributed by atoms with E-state index in [1.165, 1.54) is 0 Å². The van der Waals surface area contributed by atoms with Gasteiger partial charge in [-0.3, -0.25) is 4.79 Å². The number of rotatable bonds is 2. The second-order valence-corrected chi connectivity index (χ2v) is 3.09. The minimum atomic E-state index is -0.0220. The Bertz CT molecular complexity index is 113. The minimum absolute atomic E-state index is 0.0220. The molecule has 4 nitrogen and oxygen atoms in total. The number of carbonyl (C=O) groups is 1. The van der Waals surface area contributed by atoms with Crippen LogP contribution in [-0.2, 0) is 9.53 Å². The molecule has 4 heteroatoms. The summed E-state index contributed by atoms with van der Waals surface area (Å²) in [5, 5.41) is 9.00. The first-order chi connectivity index (χ1) is 7.20. The summed E-state index contributed by atoms with van der Waals surface area (Å²) in [6, 6.07) is 0. The molecule has 0 bridgehead atoms. The normalized spacial score (nSPS) is 16.6. The number of ether oxygens (including phenoxy) is 1. The molecule has 0 spiro atoms. The van der Waals surface area contributed by atoms with Crippen LogP contribution in [0, 0.1) is 0 Å². The Morgan fingerprint density at radius 1 is 1.40 bits per heavy atom. The van der Waals surface area contributed by atoms with Crippen molar-refractivity contribution in [2.75, 3.05) is 26.7 Å². The largest absolute Gasteiger partial charge is 0.468 e. The van der Waals surface area contributed by atoms with Crippen LogP contribution in [0.25, 0.3) is 0 Å². The van der Waals surface area contributed by atoms with Gasteiger partial charge in [0.25, 0.3) is 6.47 Å². The molecule has 1 fully saturated rings. The zero-order valence-electron chi connectivity index (χ0n) is 10.4. The van der Waals surface area contributed by atoms with E-state index in [1.54, 1.807) is 6.92 Å². The molecular formula is C11H25NO3. The van der Waals surface area contributed by atoms with Crippen LogP contribution in [0.15, 0.2) is 0 Å². The third-order valence-electron chi connectivity index (χ3n) is 1.92. The zero-order valence-corrected chi connectivity index (χ0v) is 10.4. The summed E-state index contributed by atoms with van der Waals surface area (Å²) < 4.78 is 4.15. The number of hydrogen-bond acceptors (Lipinski definition) is 4. The van der Waals surface area contributed by atoms with Crippen molar-refractivity contribution in [3.05, 3.63) is 0 Å². The van der Waals surface area contributed by atoms with E-state index in [0.29, 0.717) is 13.1 Å². The quantitative estimate of drug-likeness (QED) is 0.711. The molecule has 0 aromatic carbocycles. The average Bonchev–Trinajstić information content (AvgIpc) is 2.27. The fourth-order valence-corrected chi connectivity index (χ4v) is 1.06. The molecule has 1 saturated heterocycles. The monoisotopic (exact) mass is 219 g/mol. The molecular weight excluding hydrogens is 194 g/mol. The van der Waals surface area contributed by atoms with Crippen molar-refractivity contribution in [3.63, 3.8) is 0 Å². The van der Waals surface area contributed by atoms with Gasteiger partial charge in [0.1, 0.15) is 0 Å². The maximum Gasteiger partial charge on any atom is 0.293 e. The molecule has 0 aromatic rings. The van der Waals surface area contributed by atoms with Gasteiger partial charge in [-0.05, 0) is 26.8 Å². The highest BCUT2D eigenvalue weighted by atomic mass is 16.5. The Kier molecular flexibility index (Phi) is 15.0. The van der Waals surface area contributed by atoms with Crippen LogP contribution in [0.5, 0.6) is 0 Å². The molecule has 0 amide bonds. The molecule has 0 radical (unpaired) electrons. The van der Waals surface area contributed by atoms with E-state index >= 15 is 0 Å². The number of aliphatic hydroxyl groups is 1. The number of carbonyl (C=O) groups excluding carboxylic acids is 1. The molecule has 1 heterocycles. The zero-order chi connectivity index (χ0) is 12.1. The summed E-state index contributed by atoms with van der Waals surface area (Å²) in [7, 11) is 2.09. The highest BCUT2D eigenvalue weighted by Gasteiger charge is 2.12. The summed E-state index contributed by atoms with van der Waals surface area (Å²) in [5.74, 6) is 0. The number of aliphatic hydroxyl groups excluding tert-OH is 1. The molecule has 15 heavy (non-hydrogen) atoms. The Labute approximate surface area is 93.2 Å². The maximum absolute atomic E-state index is 9.18. The van der Waals surface area contributed by atoms with Gasteiger partial charge in [-0.2, -0.15) is 0 Å². The fraction of sp³-hybridized carbons (Fsp3) is 0.909. The van der Waals surface area contributed by atoms with Crippen molar-refractivity contribution in [2.45, 2.75) is 39.7 Å². The second kappa shape index (κ2) is 13.4. The third-order valence-corrected chi connectivity index (χ3v) is 1.92. The molecule has 1 rings (SSSR count). The Hall–Kier alpha value is -0.610. The van der Waals surface area contributed by atoms with E-state index in [2.05, 4.69) is 16.7 Å². The third kappa shape index (κ3) is 13.4. The van der Waals surface area contributed by atoms with Gasteiger partial charge < -0.3 is 14.7 Å². The van der Waals surface area contributed by atoms with Crippen LogP contribution in [0.2, 0.25) is 0 Å². The van der Waals surface area contributed by atoms with E-state index in [4.69, 9.17) is 5.11 Å². The number of piperidine rings is 1. The standard InChI is InChI=1S/C6H13NO.C3H6O2.C2H6/c1-7-4-2-6(8)3-5-7;1-2-5-3-4;1-2/h6,8H,2-5H2,1H3;3H,2H2,1H3;1-2H3. The Morgan fingerprint density at radius 3 is 2.07 bits per heavy atom. The van der Waals surface area contributed by atoms with E-state index in [-0.39, 0.29) is 6.10 Å². The lowest BCUT2D eigenvalue weighted by molar-refractivity contribution is -0.128. The molecule has 0 unspecified atom stereocenters. The summed E-state index contributed by atoms with van der Waals surface area (Å²) in [6.45, 7) is 8.78. The molecule has 1 aliphatic heterocycles. The molecule has 1 aliphatic rings. The minimum Gasteiger partial charge on any atom is -0.468 e. The highest BCUT2D eigenvalue weighted by molar-refractivity contribution is 5.36. The van der Waals surface area contributed by atoms with Gasteiger partial charge in [0.05, 0.1) is 12.7 Å². The Morgan fingerprint density at radius 2 is 1.87 bits per heavy atom. The van der Waals surface area contributed by atoms with Crippen molar-refractivity contribution in [1.82, 2.24) is 4.90 Å². The topological polar surface area (TPSA) is 49.8 Å². The van der Waals surface area contributed by atoms with Crippen molar-refractivity contribution in [2.24, 2.45) is 0 Å². The van der Waals surface area contributed by atoms with Gasteiger partial charge in [-0.25, -0.2) is 0 Å². The van der Waals surface area contributed by atoms with E-state index < -0.39 is 0 Å². The van der Waals surface area contributed by atoms with Crippen molar-refractivity contribution >= 4 is 6.47 Å². The van der Waals surface area contributed by atoms with Crippen LogP contribution in [0.4, 0.5) is 0 Å². The van der Waals surface area contributed by atoms with E-state index in [1.807, 2.05) is 13.8 Å². The van der Waals surface area contributed by atoms with Crippen LogP contribution in [0.1, 0.15) is 33.6 Å². The molecule has 1 N–H and O–H groups in total. The van der Waals surface area contributed by atoms with Gasteiger partial charge in [0.2, 0.25) is 0 Å². The molecule has 0 aromatic heterocycles. The first-order valence-electron chi connectivity index (χ1n) is 5.62. The molecule has 92 valence electrons. The fourth-order valence-electron chi connectivity index (χ4n) is 1.06. The van der Waals surface area contributed by atoms with E-state index in [0.717, 1.165) is 25.9 Å². The molecule has 0 atom stereocenters. The number of likely N-dealkylation sites (tertiary alicyclic amines) is 1. The summed E-state index contributed by atoms with van der Waals surface area (Å²) in [5.41, 5.74) is 0. The van der Waals surface area contributed by atoms with Gasteiger partial charge in [-0.1, -0.05) is 13.8 Å². The van der Waals surface area contributed by atoms with Crippen molar-refractivity contribution < 1.29 is 14.6 Å². The highest BCUT2D eigenvalue weighted by Crippen LogP contribution is 2.06. The predicted molar refractivity (Wildman–Crippen MR) is 61.8 cm³/mol. The smallest absolute Gasteiger partial charge is 0.293 e. The average molecular weight is 219 g/mol. The lowest BCUT2D eigenvalue weighted by Gasteiger charge is -2.25. The summed E-state index contributed by atoms with van der Waals surface area (Å²) >= 11 is 0. The van der Waals surface area contributed by atoms with Gasteiger partial charge in [-0.15, -0.1) is 0 Å². The molecule has 0 saturated carbocycles. The predicted octanol–water partition coefficient (Wildman–Crippen LogP) is 1.28. The first-order valence-corrected chi connectivity index (χ1v) is 5.62. The van der Waals surface area contributed by atoms with Crippen LogP contribution >= 0.6 is 0 Å². The van der Waals surface area contributed by atoms with Crippen molar-refractivity contribution in [1.29, 1.82) is 0 Å². The second-order valence-electron chi connectivity index (χ2n) is 3.09. The number of nitrogens with zero attached hydrogens (tertiary/aromatic N) is 1. The van der Waals surface area contributed by atoms with Gasteiger partial charge in [0, 0.05) is 13.1 Å². The molecule has 0 aliphatic carbocycles. The Balaban J connectivity index is 0. The van der Waals surface area contributed by atoms with Gasteiger partial charge >= 0.3 is 0 Å². The summed E-state index contributed by atoms with van der Waals surface area (Å²) in [4.78, 5) is 11.4. The van der Waals surface area contributed by atoms with Gasteiger partial charge in [0.15, 0.2) is 0 Å². The first kappa shape index (κ1) is 16.8. The number of hydrogen-bond donors (Lipinski definition) is 1. The maximum atomic E-state index is 9.18.